The molecule has 7 nitrogen and oxygen atoms in total. The number of carbonyl (C=O) groups excluding carboxylic acids is 1. The van der Waals surface area contributed by atoms with Crippen LogP contribution >= 0.6 is 0 Å². The number of aliphatic hydroxyl groups is 1. The van der Waals surface area contributed by atoms with Crippen LogP contribution in [0.1, 0.15) is 43.5 Å². The van der Waals surface area contributed by atoms with Gasteiger partial charge >= 0.3 is 6.61 Å². The van der Waals surface area contributed by atoms with Crippen molar-refractivity contribution in [2.24, 2.45) is 5.92 Å². The molecule has 35 heavy (non-hydrogen) atoms. The summed E-state index contributed by atoms with van der Waals surface area (Å²) in [5, 5.41) is 12.6. The molecule has 1 aromatic carbocycles. The van der Waals surface area contributed by atoms with Crippen LogP contribution in [-0.4, -0.2) is 66.0 Å². The van der Waals surface area contributed by atoms with E-state index in [1.54, 1.807) is 13.0 Å². The normalized spacial score (nSPS) is 20.9. The van der Waals surface area contributed by atoms with Crippen LogP contribution in [-0.2, 0) is 14.9 Å². The minimum absolute atomic E-state index is 0.00842. The highest BCUT2D eigenvalue weighted by molar-refractivity contribution is 6.01. The first-order valence-electron chi connectivity index (χ1n) is 12.0. The molecule has 1 amide bonds. The Labute approximate surface area is 204 Å². The highest BCUT2D eigenvalue weighted by Gasteiger charge is 2.56. The molecule has 0 bridgehead atoms. The number of epoxide rings is 1. The average molecular weight is 490 g/mol. The molecule has 0 saturated carbocycles. The minimum Gasteiger partial charge on any atom is -0.415 e. The van der Waals surface area contributed by atoms with Gasteiger partial charge in [0.2, 0.25) is 11.8 Å². The van der Waals surface area contributed by atoms with E-state index in [1.165, 1.54) is 6.07 Å². The van der Waals surface area contributed by atoms with Gasteiger partial charge in [0.05, 0.1) is 18.1 Å². The second kappa shape index (κ2) is 10.2. The molecule has 0 radical (unpaired) electrons. The van der Waals surface area contributed by atoms with Crippen molar-refractivity contribution < 1.29 is 28.2 Å². The van der Waals surface area contributed by atoms with Crippen LogP contribution in [0.25, 0.3) is 0 Å². The Hall–Kier alpha value is -2.62. The summed E-state index contributed by atoms with van der Waals surface area (Å²) in [5.74, 6) is -0.451. The van der Waals surface area contributed by atoms with E-state index in [9.17, 15) is 18.7 Å². The van der Waals surface area contributed by atoms with Gasteiger partial charge in [-0.1, -0.05) is 45.0 Å². The second-order valence-electron chi connectivity index (χ2n) is 9.89. The quantitative estimate of drug-likeness (QED) is 0.495. The lowest BCUT2D eigenvalue weighted by molar-refractivity contribution is -0.131. The molecule has 2 fully saturated rings. The third-order valence-corrected chi connectivity index (χ3v) is 6.96. The Bertz CT molecular complexity index is 1050. The highest BCUT2D eigenvalue weighted by Crippen LogP contribution is 2.43. The zero-order valence-electron chi connectivity index (χ0n) is 20.5. The molecule has 9 heteroatoms. The maximum atomic E-state index is 13.9. The number of ether oxygens (including phenoxy) is 2. The van der Waals surface area contributed by atoms with Crippen molar-refractivity contribution in [3.63, 3.8) is 0 Å². The summed E-state index contributed by atoms with van der Waals surface area (Å²) in [7, 11) is 0. The van der Waals surface area contributed by atoms with Crippen LogP contribution < -0.4 is 10.1 Å². The number of likely N-dealkylation sites (tertiary alicyclic amines) is 1. The number of carbonyl (C=O) groups is 1. The van der Waals surface area contributed by atoms with Gasteiger partial charge in [0.25, 0.3) is 0 Å². The molecule has 2 aromatic rings. The average Bonchev–Trinajstić information content (AvgIpc) is 3.62. The first-order valence-corrected chi connectivity index (χ1v) is 12.0. The van der Waals surface area contributed by atoms with Crippen LogP contribution in [0.15, 0.2) is 36.4 Å². The highest BCUT2D eigenvalue weighted by atomic mass is 19.3. The van der Waals surface area contributed by atoms with Crippen molar-refractivity contribution in [1.82, 2.24) is 9.88 Å². The summed E-state index contributed by atoms with van der Waals surface area (Å²) in [4.78, 5) is 20.1. The molecule has 0 aliphatic carbocycles. The number of aliphatic hydroxyl groups excluding tert-OH is 1. The molecule has 2 N–H and O–H groups in total. The molecule has 2 unspecified atom stereocenters. The molecular weight excluding hydrogens is 456 g/mol. The Morgan fingerprint density at radius 2 is 1.94 bits per heavy atom. The van der Waals surface area contributed by atoms with Crippen molar-refractivity contribution in [2.75, 3.05) is 31.6 Å². The van der Waals surface area contributed by atoms with E-state index in [-0.39, 0.29) is 48.1 Å². The molecule has 3 atom stereocenters. The van der Waals surface area contributed by atoms with Crippen LogP contribution in [0.5, 0.6) is 5.88 Å². The summed E-state index contributed by atoms with van der Waals surface area (Å²) in [6.07, 6.45) is 0.0332. The first-order chi connectivity index (χ1) is 16.7. The van der Waals surface area contributed by atoms with E-state index in [0.29, 0.717) is 25.4 Å². The largest absolute Gasteiger partial charge is 0.415 e. The molecule has 4 rings (SSSR count). The number of halogens is 2. The van der Waals surface area contributed by atoms with Crippen molar-refractivity contribution >= 4 is 11.6 Å². The van der Waals surface area contributed by atoms with Crippen molar-refractivity contribution in [1.29, 1.82) is 0 Å². The van der Waals surface area contributed by atoms with Gasteiger partial charge in [-0.25, -0.2) is 4.98 Å². The molecule has 1 aromatic heterocycles. The molecular formula is C26H33F2N3O4. The number of anilines is 1. The van der Waals surface area contributed by atoms with Crippen LogP contribution in [0, 0.1) is 12.8 Å². The van der Waals surface area contributed by atoms with Gasteiger partial charge in [-0.05, 0) is 42.0 Å². The van der Waals surface area contributed by atoms with Gasteiger partial charge < -0.3 is 19.9 Å². The number of hydrogen-bond donors (Lipinski definition) is 2. The number of hydrogen-bond acceptors (Lipinski definition) is 6. The topological polar surface area (TPSA) is 87.2 Å². The SMILES string of the molecule is Cc1ccc(NC(=O)C2(c3ccccc3C(C)C)CN([C@H](C(C)CO)C3CO3)C2)c(OC(F)F)n1. The van der Waals surface area contributed by atoms with Gasteiger partial charge in [-0.15, -0.1) is 0 Å². The maximum absolute atomic E-state index is 13.9. The van der Waals surface area contributed by atoms with Gasteiger partial charge in [-0.3, -0.25) is 9.69 Å². The summed E-state index contributed by atoms with van der Waals surface area (Å²) >= 11 is 0. The van der Waals surface area contributed by atoms with E-state index in [2.05, 4.69) is 33.8 Å². The molecule has 0 spiro atoms. The minimum atomic E-state index is -3.06. The number of pyridine rings is 1. The Morgan fingerprint density at radius 1 is 1.26 bits per heavy atom. The number of nitrogens with one attached hydrogen (secondary N) is 1. The van der Waals surface area contributed by atoms with Crippen molar-refractivity contribution in [2.45, 2.75) is 57.8 Å². The fourth-order valence-corrected chi connectivity index (χ4v) is 5.10. The molecule has 3 heterocycles. The number of amides is 1. The summed E-state index contributed by atoms with van der Waals surface area (Å²) in [5.41, 5.74) is 1.66. The van der Waals surface area contributed by atoms with E-state index >= 15 is 0 Å². The number of alkyl halides is 2. The smallest absolute Gasteiger partial charge is 0.388 e. The third kappa shape index (κ3) is 5.17. The van der Waals surface area contributed by atoms with Gasteiger partial charge in [0.15, 0.2) is 0 Å². The fraction of sp³-hybridized carbons (Fsp3) is 0.538. The standard InChI is InChI=1S/C26H33F2N3O4/c1-15(2)18-7-5-6-8-19(18)26(13-31(14-26)22(16(3)11-32)21-12-34-21)24(33)30-20-10-9-17(4)29-23(20)35-25(27)28/h5-10,15-16,21-22,25,32H,11-14H2,1-4H3,(H,30,33)/t16?,21?,22-/m1/s1. The predicted molar refractivity (Wildman–Crippen MR) is 128 cm³/mol. The second-order valence-corrected chi connectivity index (χ2v) is 9.89. The van der Waals surface area contributed by atoms with E-state index in [0.717, 1.165) is 11.1 Å². The van der Waals surface area contributed by atoms with E-state index in [4.69, 9.17) is 4.74 Å². The number of aromatic nitrogens is 1. The van der Waals surface area contributed by atoms with Crippen molar-refractivity contribution in [3.8, 4) is 5.88 Å². The van der Waals surface area contributed by atoms with Gasteiger partial charge in [0.1, 0.15) is 5.69 Å². The molecule has 190 valence electrons. The Balaban J connectivity index is 1.69. The fourth-order valence-electron chi connectivity index (χ4n) is 5.10. The third-order valence-electron chi connectivity index (χ3n) is 6.96. The molecule has 2 saturated heterocycles. The van der Waals surface area contributed by atoms with Gasteiger partial charge in [-0.2, -0.15) is 8.78 Å². The zero-order valence-corrected chi connectivity index (χ0v) is 20.5. The lowest BCUT2D eigenvalue weighted by Crippen LogP contribution is -2.69. The Kier molecular flexibility index (Phi) is 7.40. The van der Waals surface area contributed by atoms with E-state index in [1.807, 2.05) is 31.2 Å². The number of nitrogens with zero attached hydrogens (tertiary/aromatic N) is 2. The van der Waals surface area contributed by atoms with Crippen LogP contribution in [0.3, 0.4) is 0 Å². The van der Waals surface area contributed by atoms with Crippen LogP contribution in [0.4, 0.5) is 14.5 Å². The van der Waals surface area contributed by atoms with E-state index < -0.39 is 12.0 Å². The van der Waals surface area contributed by atoms with Crippen LogP contribution in [0.2, 0.25) is 0 Å². The number of benzene rings is 1. The predicted octanol–water partition coefficient (Wildman–Crippen LogP) is 3.70. The molecule has 2 aliphatic heterocycles. The first kappa shape index (κ1) is 25.5. The number of aryl methyl sites for hydroxylation is 1. The lowest BCUT2D eigenvalue weighted by atomic mass is 9.68. The molecule has 2 aliphatic rings. The lowest BCUT2D eigenvalue weighted by Gasteiger charge is -2.53. The summed E-state index contributed by atoms with van der Waals surface area (Å²) in [6.45, 7) is 6.22. The number of rotatable bonds is 10. The maximum Gasteiger partial charge on any atom is 0.388 e. The van der Waals surface area contributed by atoms with Crippen molar-refractivity contribution in [3.05, 3.63) is 53.2 Å². The monoisotopic (exact) mass is 489 g/mol. The Morgan fingerprint density at radius 3 is 2.54 bits per heavy atom. The summed E-state index contributed by atoms with van der Waals surface area (Å²) in [6, 6.07) is 11.0. The van der Waals surface area contributed by atoms with Gasteiger partial charge in [0, 0.05) is 31.4 Å². The summed E-state index contributed by atoms with van der Waals surface area (Å²) < 4.78 is 36.2. The zero-order chi connectivity index (χ0) is 25.3.